The molecule has 0 bridgehead atoms. The molecule has 2 aromatic carbocycles. The number of benzene rings is 2. The van der Waals surface area contributed by atoms with E-state index in [1.165, 1.54) is 18.2 Å². The molecule has 20 heavy (non-hydrogen) atoms. The molecule has 0 radical (unpaired) electrons. The Kier molecular flexibility index (Phi) is 5.20. The predicted molar refractivity (Wildman–Crippen MR) is 84.9 cm³/mol. The van der Waals surface area contributed by atoms with E-state index in [-0.39, 0.29) is 16.2 Å². The average molecular weight is 354 g/mol. The summed E-state index contributed by atoms with van der Waals surface area (Å²) in [6, 6.07) is 11.8. The largest absolute Gasteiger partial charge is 0.321 e. The van der Waals surface area contributed by atoms with E-state index in [2.05, 4.69) is 28.2 Å². The molecule has 0 saturated carbocycles. The third-order valence-corrected chi connectivity index (χ3v) is 4.18. The number of carbonyl (C=O) groups is 1. The fraction of sp³-hybridized carbons (Fsp3) is 0.133. The van der Waals surface area contributed by atoms with Gasteiger partial charge in [0.15, 0.2) is 0 Å². The van der Waals surface area contributed by atoms with Crippen LogP contribution in [0.1, 0.15) is 17.3 Å². The van der Waals surface area contributed by atoms with Crippen LogP contribution in [0.5, 0.6) is 0 Å². The van der Waals surface area contributed by atoms with Crippen LogP contribution >= 0.6 is 27.7 Å². The van der Waals surface area contributed by atoms with Gasteiger partial charge in [-0.1, -0.05) is 19.1 Å². The van der Waals surface area contributed by atoms with Gasteiger partial charge in [0.2, 0.25) is 0 Å². The first-order chi connectivity index (χ1) is 9.61. The minimum absolute atomic E-state index is 0.255. The topological polar surface area (TPSA) is 29.1 Å². The highest BCUT2D eigenvalue weighted by Gasteiger charge is 2.10. The Labute approximate surface area is 129 Å². The van der Waals surface area contributed by atoms with Crippen LogP contribution < -0.4 is 5.32 Å². The van der Waals surface area contributed by atoms with Crippen molar-refractivity contribution in [3.63, 3.8) is 0 Å². The summed E-state index contributed by atoms with van der Waals surface area (Å²) in [5.41, 5.74) is 1.18. The number of amides is 1. The number of anilines is 1. The molecule has 0 atom stereocenters. The van der Waals surface area contributed by atoms with E-state index in [4.69, 9.17) is 0 Å². The third kappa shape index (κ3) is 3.61. The monoisotopic (exact) mass is 353 g/mol. The van der Waals surface area contributed by atoms with E-state index in [1.54, 1.807) is 11.8 Å². The van der Waals surface area contributed by atoms with Gasteiger partial charge in [-0.3, -0.25) is 4.79 Å². The Bertz CT molecular complexity index is 633. The zero-order valence-electron chi connectivity index (χ0n) is 10.8. The molecule has 1 N–H and O–H groups in total. The maximum Gasteiger partial charge on any atom is 0.255 e. The quantitative estimate of drug-likeness (QED) is 0.787. The summed E-state index contributed by atoms with van der Waals surface area (Å²) in [5.74, 6) is 0.285. The molecule has 1 amide bonds. The van der Waals surface area contributed by atoms with Gasteiger partial charge in [0, 0.05) is 10.5 Å². The van der Waals surface area contributed by atoms with Crippen molar-refractivity contribution in [3.8, 4) is 0 Å². The van der Waals surface area contributed by atoms with Crippen molar-refractivity contribution in [1.29, 1.82) is 0 Å². The standard InChI is InChI=1S/C15H13BrFNOS/c1-2-20-14-6-4-3-5-13(14)18-15(19)10-7-8-12(17)11(16)9-10/h3-9H,2H2,1H3,(H,18,19). The Morgan fingerprint density at radius 3 is 2.75 bits per heavy atom. The van der Waals surface area contributed by atoms with Crippen molar-refractivity contribution in [2.24, 2.45) is 0 Å². The van der Waals surface area contributed by atoms with E-state index in [1.807, 2.05) is 24.3 Å². The average Bonchev–Trinajstić information content (AvgIpc) is 2.44. The van der Waals surface area contributed by atoms with Gasteiger partial charge in [-0.15, -0.1) is 11.8 Å². The highest BCUT2D eigenvalue weighted by Crippen LogP contribution is 2.27. The van der Waals surface area contributed by atoms with Crippen molar-refractivity contribution < 1.29 is 9.18 Å². The molecule has 0 aliphatic carbocycles. The SMILES string of the molecule is CCSc1ccccc1NC(=O)c1ccc(F)c(Br)c1. The molecule has 0 heterocycles. The van der Waals surface area contributed by atoms with Crippen LogP contribution in [0.3, 0.4) is 0 Å². The highest BCUT2D eigenvalue weighted by atomic mass is 79.9. The van der Waals surface area contributed by atoms with Gasteiger partial charge in [0.25, 0.3) is 5.91 Å². The molecule has 0 saturated heterocycles. The molecule has 104 valence electrons. The van der Waals surface area contributed by atoms with Crippen molar-refractivity contribution in [2.75, 3.05) is 11.1 Å². The van der Waals surface area contributed by atoms with Crippen LogP contribution in [-0.4, -0.2) is 11.7 Å². The molecule has 0 spiro atoms. The highest BCUT2D eigenvalue weighted by molar-refractivity contribution is 9.10. The van der Waals surface area contributed by atoms with Crippen LogP contribution in [0.15, 0.2) is 51.8 Å². The molecule has 0 aromatic heterocycles. The Balaban J connectivity index is 2.21. The number of hydrogen-bond acceptors (Lipinski definition) is 2. The van der Waals surface area contributed by atoms with E-state index in [0.717, 1.165) is 16.3 Å². The number of para-hydroxylation sites is 1. The summed E-state index contributed by atoms with van der Waals surface area (Å²) in [7, 11) is 0. The predicted octanol–water partition coefficient (Wildman–Crippen LogP) is 4.95. The Morgan fingerprint density at radius 1 is 1.30 bits per heavy atom. The number of thioether (sulfide) groups is 1. The van der Waals surface area contributed by atoms with Gasteiger partial charge in [0.1, 0.15) is 5.82 Å². The van der Waals surface area contributed by atoms with E-state index in [0.29, 0.717) is 5.56 Å². The lowest BCUT2D eigenvalue weighted by molar-refractivity contribution is 0.102. The summed E-state index contributed by atoms with van der Waals surface area (Å²) >= 11 is 4.74. The van der Waals surface area contributed by atoms with Crippen LogP contribution in [0.2, 0.25) is 0 Å². The molecular weight excluding hydrogens is 341 g/mol. The first-order valence-corrected chi connectivity index (χ1v) is 7.88. The second-order valence-corrected chi connectivity index (χ2v) is 6.17. The maximum absolute atomic E-state index is 13.2. The first kappa shape index (κ1) is 15.1. The fourth-order valence-electron chi connectivity index (χ4n) is 1.68. The van der Waals surface area contributed by atoms with Gasteiger partial charge in [-0.25, -0.2) is 4.39 Å². The first-order valence-electron chi connectivity index (χ1n) is 6.10. The minimum Gasteiger partial charge on any atom is -0.321 e. The summed E-state index contributed by atoms with van der Waals surface area (Å²) in [5, 5.41) is 2.86. The lowest BCUT2D eigenvalue weighted by Crippen LogP contribution is -2.12. The van der Waals surface area contributed by atoms with Crippen molar-refractivity contribution >= 4 is 39.3 Å². The molecule has 2 rings (SSSR count). The number of halogens is 2. The molecule has 0 fully saturated rings. The van der Waals surface area contributed by atoms with Gasteiger partial charge in [-0.05, 0) is 52.0 Å². The third-order valence-electron chi connectivity index (χ3n) is 2.62. The zero-order chi connectivity index (χ0) is 14.5. The minimum atomic E-state index is -0.386. The van der Waals surface area contributed by atoms with Gasteiger partial charge in [0.05, 0.1) is 10.2 Å². The molecule has 2 aromatic rings. The summed E-state index contributed by atoms with van der Waals surface area (Å²) < 4.78 is 13.5. The molecule has 0 unspecified atom stereocenters. The molecule has 2 nitrogen and oxygen atoms in total. The van der Waals surface area contributed by atoms with E-state index < -0.39 is 0 Å². The van der Waals surface area contributed by atoms with Crippen molar-refractivity contribution in [1.82, 2.24) is 0 Å². The summed E-state index contributed by atoms with van der Waals surface area (Å²) in [4.78, 5) is 13.2. The number of carbonyl (C=O) groups excluding carboxylic acids is 1. The van der Waals surface area contributed by atoms with Crippen LogP contribution in [0, 0.1) is 5.82 Å². The van der Waals surface area contributed by atoms with E-state index >= 15 is 0 Å². The number of nitrogens with one attached hydrogen (secondary N) is 1. The second kappa shape index (κ2) is 6.90. The Hall–Kier alpha value is -1.33. The van der Waals surface area contributed by atoms with Crippen LogP contribution in [0.4, 0.5) is 10.1 Å². The molecule has 0 aliphatic heterocycles. The molecule has 0 aliphatic rings. The second-order valence-electron chi connectivity index (χ2n) is 4.01. The fourth-order valence-corrected chi connectivity index (χ4v) is 2.82. The Morgan fingerprint density at radius 2 is 2.05 bits per heavy atom. The zero-order valence-corrected chi connectivity index (χ0v) is 13.2. The summed E-state index contributed by atoms with van der Waals surface area (Å²) in [6.07, 6.45) is 0. The molecular formula is C15H13BrFNOS. The smallest absolute Gasteiger partial charge is 0.255 e. The van der Waals surface area contributed by atoms with Crippen LogP contribution in [-0.2, 0) is 0 Å². The maximum atomic E-state index is 13.2. The van der Waals surface area contributed by atoms with Crippen molar-refractivity contribution in [2.45, 2.75) is 11.8 Å². The van der Waals surface area contributed by atoms with E-state index in [9.17, 15) is 9.18 Å². The van der Waals surface area contributed by atoms with Crippen molar-refractivity contribution in [3.05, 3.63) is 58.3 Å². The van der Waals surface area contributed by atoms with Gasteiger partial charge >= 0.3 is 0 Å². The number of hydrogen-bond donors (Lipinski definition) is 1. The van der Waals surface area contributed by atoms with Gasteiger partial charge < -0.3 is 5.32 Å². The number of rotatable bonds is 4. The lowest BCUT2D eigenvalue weighted by Gasteiger charge is -2.10. The lowest BCUT2D eigenvalue weighted by atomic mass is 10.2. The normalized spacial score (nSPS) is 10.3. The molecule has 5 heteroatoms. The van der Waals surface area contributed by atoms with Crippen LogP contribution in [0.25, 0.3) is 0 Å². The van der Waals surface area contributed by atoms with Gasteiger partial charge in [-0.2, -0.15) is 0 Å². The summed E-state index contributed by atoms with van der Waals surface area (Å²) in [6.45, 7) is 2.06.